The second kappa shape index (κ2) is 7.28. The number of benzene rings is 1. The van der Waals surface area contributed by atoms with E-state index in [9.17, 15) is 4.79 Å². The van der Waals surface area contributed by atoms with Crippen molar-refractivity contribution in [2.45, 2.75) is 32.7 Å². The third kappa shape index (κ3) is 3.91. The van der Waals surface area contributed by atoms with Crippen LogP contribution in [0.5, 0.6) is 5.75 Å². The number of rotatable bonds is 4. The maximum Gasteiger partial charge on any atom is 0.289 e. The molecule has 1 aliphatic heterocycles. The van der Waals surface area contributed by atoms with Gasteiger partial charge in [0.05, 0.1) is 17.2 Å². The molecule has 2 heterocycles. The topological polar surface area (TPSA) is 51.9 Å². The van der Waals surface area contributed by atoms with Gasteiger partial charge < -0.3 is 18.8 Å². The van der Waals surface area contributed by atoms with Crippen molar-refractivity contribution in [2.24, 2.45) is 0 Å². The molecule has 1 saturated heterocycles. The lowest BCUT2D eigenvalue weighted by Crippen LogP contribution is -2.48. The number of amides is 1. The Bertz CT molecular complexity index is 705. The van der Waals surface area contributed by atoms with Crippen LogP contribution in [0.25, 0.3) is 0 Å². The maximum atomic E-state index is 12.5. The van der Waals surface area contributed by atoms with Crippen molar-refractivity contribution in [1.29, 1.82) is 0 Å². The van der Waals surface area contributed by atoms with Gasteiger partial charge in [-0.2, -0.15) is 0 Å². The van der Waals surface area contributed by atoms with Crippen molar-refractivity contribution in [2.75, 3.05) is 13.1 Å². The molecule has 6 heteroatoms. The summed E-state index contributed by atoms with van der Waals surface area (Å²) in [6.45, 7) is 5.26. The zero-order valence-corrected chi connectivity index (χ0v) is 14.5. The Morgan fingerprint density at radius 1 is 1.21 bits per heavy atom. The van der Waals surface area contributed by atoms with Crippen LogP contribution in [0.4, 0.5) is 0 Å². The highest BCUT2D eigenvalue weighted by Crippen LogP contribution is 2.24. The maximum absolute atomic E-state index is 12.5. The second-order valence-corrected chi connectivity index (χ2v) is 6.36. The fourth-order valence-electron chi connectivity index (χ4n) is 2.78. The van der Waals surface area contributed by atoms with Crippen molar-refractivity contribution in [3.63, 3.8) is 0 Å². The van der Waals surface area contributed by atoms with E-state index in [0.29, 0.717) is 35.4 Å². The van der Waals surface area contributed by atoms with Crippen LogP contribution in [-0.2, 0) is 11.3 Å². The molecule has 3 rings (SSSR count). The molecular weight excluding hydrogens is 330 g/mol. The average molecular weight is 350 g/mol. The number of carbonyl (C=O) groups excluding carboxylic acids is 1. The molecule has 24 heavy (non-hydrogen) atoms. The lowest BCUT2D eigenvalue weighted by Gasteiger charge is -2.34. The fourth-order valence-corrected chi connectivity index (χ4v) is 2.97. The van der Waals surface area contributed by atoms with E-state index in [2.05, 4.69) is 0 Å². The minimum atomic E-state index is -0.124. The Labute approximate surface area is 146 Å². The van der Waals surface area contributed by atoms with Gasteiger partial charge in [0.25, 0.3) is 5.91 Å². The lowest BCUT2D eigenvalue weighted by atomic mass is 10.2. The van der Waals surface area contributed by atoms with Crippen LogP contribution in [0.1, 0.15) is 30.2 Å². The molecule has 2 atom stereocenters. The number of ether oxygens (including phenoxy) is 2. The van der Waals surface area contributed by atoms with E-state index in [0.717, 1.165) is 0 Å². The van der Waals surface area contributed by atoms with E-state index in [4.69, 9.17) is 25.5 Å². The van der Waals surface area contributed by atoms with E-state index in [1.807, 2.05) is 26.0 Å². The monoisotopic (exact) mass is 349 g/mol. The Balaban J connectivity index is 1.62. The molecule has 0 radical (unpaired) electrons. The third-order valence-corrected chi connectivity index (χ3v) is 4.10. The van der Waals surface area contributed by atoms with Crippen molar-refractivity contribution >= 4 is 17.5 Å². The molecule has 0 saturated carbocycles. The van der Waals surface area contributed by atoms with E-state index in [1.54, 1.807) is 29.2 Å². The second-order valence-electron chi connectivity index (χ2n) is 5.95. The highest BCUT2D eigenvalue weighted by Gasteiger charge is 2.28. The molecule has 5 nitrogen and oxygen atoms in total. The summed E-state index contributed by atoms with van der Waals surface area (Å²) in [5, 5.41) is 0.539. The zero-order valence-electron chi connectivity index (χ0n) is 13.7. The first-order valence-electron chi connectivity index (χ1n) is 7.93. The van der Waals surface area contributed by atoms with Crippen LogP contribution in [-0.4, -0.2) is 36.1 Å². The molecule has 1 aliphatic rings. The zero-order chi connectivity index (χ0) is 17.1. The summed E-state index contributed by atoms with van der Waals surface area (Å²) in [6.07, 6.45) is 0.0476. The van der Waals surface area contributed by atoms with Gasteiger partial charge in [0, 0.05) is 13.1 Å². The number of hydrogen-bond acceptors (Lipinski definition) is 4. The van der Waals surface area contributed by atoms with Crippen LogP contribution in [0.2, 0.25) is 5.02 Å². The predicted molar refractivity (Wildman–Crippen MR) is 90.4 cm³/mol. The van der Waals surface area contributed by atoms with Crippen molar-refractivity contribution in [1.82, 2.24) is 4.90 Å². The van der Waals surface area contributed by atoms with Crippen LogP contribution >= 0.6 is 11.6 Å². The molecule has 0 N–H and O–H groups in total. The van der Waals surface area contributed by atoms with Gasteiger partial charge in [0.1, 0.15) is 18.1 Å². The van der Waals surface area contributed by atoms with Crippen molar-refractivity contribution in [3.05, 3.63) is 52.9 Å². The summed E-state index contributed by atoms with van der Waals surface area (Å²) < 4.78 is 16.9. The van der Waals surface area contributed by atoms with E-state index in [1.165, 1.54) is 0 Å². The first-order valence-corrected chi connectivity index (χ1v) is 8.31. The predicted octanol–water partition coefficient (Wildman–Crippen LogP) is 3.76. The van der Waals surface area contributed by atoms with Crippen LogP contribution < -0.4 is 4.74 Å². The van der Waals surface area contributed by atoms with E-state index >= 15 is 0 Å². The molecular formula is C18H20ClNO4. The molecule has 0 unspecified atom stereocenters. The number of para-hydroxylation sites is 1. The van der Waals surface area contributed by atoms with Crippen molar-refractivity contribution in [3.8, 4) is 5.75 Å². The number of morpholine rings is 1. The SMILES string of the molecule is C[C@@H]1CN(C(=O)c2ccc(COc3ccccc3Cl)o2)C[C@@H](C)O1. The summed E-state index contributed by atoms with van der Waals surface area (Å²) in [7, 11) is 0. The smallest absolute Gasteiger partial charge is 0.289 e. The highest BCUT2D eigenvalue weighted by molar-refractivity contribution is 6.32. The molecule has 1 aromatic heterocycles. The number of hydrogen-bond donors (Lipinski definition) is 0. The average Bonchev–Trinajstić information content (AvgIpc) is 3.01. The number of nitrogens with zero attached hydrogens (tertiary/aromatic N) is 1. The molecule has 1 aromatic carbocycles. The Hall–Kier alpha value is -1.98. The quantitative estimate of drug-likeness (QED) is 0.843. The molecule has 0 bridgehead atoms. The third-order valence-electron chi connectivity index (χ3n) is 3.79. The summed E-state index contributed by atoms with van der Waals surface area (Å²) in [5.74, 6) is 1.35. The fraction of sp³-hybridized carbons (Fsp3) is 0.389. The minimum absolute atomic E-state index is 0.0238. The molecule has 1 amide bonds. The molecule has 2 aromatic rings. The minimum Gasteiger partial charge on any atom is -0.484 e. The number of furan rings is 1. The Kier molecular flexibility index (Phi) is 5.11. The Morgan fingerprint density at radius 3 is 2.62 bits per heavy atom. The molecule has 0 aliphatic carbocycles. The first-order chi connectivity index (χ1) is 11.5. The van der Waals surface area contributed by atoms with Gasteiger partial charge in [-0.25, -0.2) is 0 Å². The highest BCUT2D eigenvalue weighted by atomic mass is 35.5. The normalized spacial score (nSPS) is 20.9. The van der Waals surface area contributed by atoms with Gasteiger partial charge in [-0.1, -0.05) is 23.7 Å². The van der Waals surface area contributed by atoms with Gasteiger partial charge in [-0.3, -0.25) is 4.79 Å². The summed E-state index contributed by atoms with van der Waals surface area (Å²) in [6, 6.07) is 10.7. The summed E-state index contributed by atoms with van der Waals surface area (Å²) in [4.78, 5) is 14.3. The van der Waals surface area contributed by atoms with Gasteiger partial charge in [0.2, 0.25) is 0 Å². The summed E-state index contributed by atoms with van der Waals surface area (Å²) in [5.41, 5.74) is 0. The molecule has 1 fully saturated rings. The number of halogens is 1. The molecule has 128 valence electrons. The molecule has 0 spiro atoms. The van der Waals surface area contributed by atoms with Gasteiger partial charge in [0.15, 0.2) is 5.76 Å². The van der Waals surface area contributed by atoms with Crippen molar-refractivity contribution < 1.29 is 18.7 Å². The number of carbonyl (C=O) groups is 1. The van der Waals surface area contributed by atoms with Gasteiger partial charge in [-0.15, -0.1) is 0 Å². The lowest BCUT2D eigenvalue weighted by molar-refractivity contribution is -0.0592. The largest absolute Gasteiger partial charge is 0.484 e. The van der Waals surface area contributed by atoms with Crippen LogP contribution in [0, 0.1) is 0 Å². The summed E-state index contributed by atoms with van der Waals surface area (Å²) >= 11 is 6.05. The first kappa shape index (κ1) is 16.9. The van der Waals surface area contributed by atoms with Crippen LogP contribution in [0.15, 0.2) is 40.8 Å². The van der Waals surface area contributed by atoms with Crippen LogP contribution in [0.3, 0.4) is 0 Å². The standard InChI is InChI=1S/C18H20ClNO4/c1-12-9-20(10-13(2)23-12)18(21)17-8-7-14(24-17)11-22-16-6-4-3-5-15(16)19/h3-8,12-13H,9-11H2,1-2H3/t12-,13-/m1/s1. The van der Waals surface area contributed by atoms with E-state index < -0.39 is 0 Å². The van der Waals surface area contributed by atoms with E-state index in [-0.39, 0.29) is 24.7 Å². The van der Waals surface area contributed by atoms with Gasteiger partial charge >= 0.3 is 0 Å². The Morgan fingerprint density at radius 2 is 1.92 bits per heavy atom. The van der Waals surface area contributed by atoms with Gasteiger partial charge in [-0.05, 0) is 38.1 Å².